The highest BCUT2D eigenvalue weighted by Gasteiger charge is 2.33. The van der Waals surface area contributed by atoms with Crippen LogP contribution in [0, 0.1) is 5.92 Å². The van der Waals surface area contributed by atoms with Crippen LogP contribution >= 0.6 is 10.7 Å². The molecule has 0 bridgehead atoms. The Morgan fingerprint density at radius 3 is 2.62 bits per heavy atom. The van der Waals surface area contributed by atoms with Crippen molar-refractivity contribution in [3.8, 4) is 0 Å². The van der Waals surface area contributed by atoms with Gasteiger partial charge in [-0.3, -0.25) is 4.79 Å². The second kappa shape index (κ2) is 5.31. The predicted molar refractivity (Wildman–Crippen MR) is 84.0 cm³/mol. The monoisotopic (exact) mass is 323 g/mol. The summed E-state index contributed by atoms with van der Waals surface area (Å²) in [5, 5.41) is 2.04. The molecule has 1 unspecified atom stereocenters. The van der Waals surface area contributed by atoms with Crippen LogP contribution in [-0.2, 0) is 13.8 Å². The minimum atomic E-state index is -3.59. The Hall–Kier alpha value is -1.59. The second-order valence-electron chi connectivity index (χ2n) is 5.28. The summed E-state index contributed by atoms with van der Waals surface area (Å²) >= 11 is 0. The number of carbonyl (C=O) groups excluding carboxylic acids is 1. The van der Waals surface area contributed by atoms with Crippen LogP contribution in [0.4, 0.5) is 5.69 Å². The summed E-state index contributed by atoms with van der Waals surface area (Å²) in [7, 11) is 1.71. The molecule has 0 aliphatic carbocycles. The Labute approximate surface area is 127 Å². The maximum Gasteiger partial charge on any atom is 0.232 e. The second-order valence-corrected chi connectivity index (χ2v) is 8.10. The fraction of sp³-hybridized carbons (Fsp3) is 0.267. The first kappa shape index (κ1) is 14.4. The van der Waals surface area contributed by atoms with Crippen LogP contribution < -0.4 is 4.90 Å². The molecule has 0 saturated carbocycles. The van der Waals surface area contributed by atoms with Gasteiger partial charge in [0.05, 0.1) is 11.4 Å². The van der Waals surface area contributed by atoms with Gasteiger partial charge in [0.1, 0.15) is 0 Å². The lowest BCUT2D eigenvalue weighted by Crippen LogP contribution is -2.25. The van der Waals surface area contributed by atoms with Crippen LogP contribution in [-0.4, -0.2) is 26.6 Å². The third-order valence-electron chi connectivity index (χ3n) is 3.70. The number of carbonyl (C=O) groups is 1. The largest absolute Gasteiger partial charge is 0.311 e. The van der Waals surface area contributed by atoms with Gasteiger partial charge in [0.25, 0.3) is 0 Å². The van der Waals surface area contributed by atoms with Crippen molar-refractivity contribution >= 4 is 42.1 Å². The van der Waals surface area contributed by atoms with Crippen molar-refractivity contribution in [2.45, 2.75) is 6.42 Å². The fourth-order valence-corrected chi connectivity index (χ4v) is 4.17. The molecule has 0 aromatic heterocycles. The standard InChI is InChI=1S/C15H14ClNO3S/c16-21(19,20)10-11-8-15(18)17(9-11)14-7-3-5-12-4-1-2-6-13(12)14/h1-7,11H,8-10H2. The average Bonchev–Trinajstić information content (AvgIpc) is 2.76. The van der Waals surface area contributed by atoms with Crippen molar-refractivity contribution in [2.24, 2.45) is 5.92 Å². The molecule has 1 aliphatic rings. The molecule has 1 saturated heterocycles. The lowest BCUT2D eigenvalue weighted by atomic mass is 10.1. The smallest absolute Gasteiger partial charge is 0.232 e. The molecule has 21 heavy (non-hydrogen) atoms. The van der Waals surface area contributed by atoms with Crippen molar-refractivity contribution in [1.29, 1.82) is 0 Å². The maximum atomic E-state index is 12.2. The summed E-state index contributed by atoms with van der Waals surface area (Å²) in [6.07, 6.45) is 0.217. The number of hydrogen-bond acceptors (Lipinski definition) is 3. The molecule has 1 amide bonds. The molecular weight excluding hydrogens is 310 g/mol. The van der Waals surface area contributed by atoms with Gasteiger partial charge in [-0.1, -0.05) is 36.4 Å². The molecule has 0 radical (unpaired) electrons. The molecule has 0 spiro atoms. The van der Waals surface area contributed by atoms with Crippen molar-refractivity contribution < 1.29 is 13.2 Å². The number of amides is 1. The quantitative estimate of drug-likeness (QED) is 0.816. The van der Waals surface area contributed by atoms with Gasteiger partial charge in [-0.2, -0.15) is 0 Å². The number of fused-ring (bicyclic) bond motifs is 1. The highest BCUT2D eigenvalue weighted by atomic mass is 35.7. The van der Waals surface area contributed by atoms with E-state index in [0.717, 1.165) is 16.5 Å². The normalized spacial score (nSPS) is 19.4. The third-order valence-corrected chi connectivity index (χ3v) is 4.94. The van der Waals surface area contributed by atoms with Gasteiger partial charge in [-0.25, -0.2) is 8.42 Å². The molecule has 2 aromatic rings. The summed E-state index contributed by atoms with van der Waals surface area (Å²) in [6, 6.07) is 13.6. The Morgan fingerprint density at radius 1 is 1.14 bits per heavy atom. The fourth-order valence-electron chi connectivity index (χ4n) is 2.85. The van der Waals surface area contributed by atoms with Crippen LogP contribution in [0.2, 0.25) is 0 Å². The van der Waals surface area contributed by atoms with E-state index in [9.17, 15) is 13.2 Å². The van der Waals surface area contributed by atoms with Crippen molar-refractivity contribution in [2.75, 3.05) is 17.2 Å². The summed E-state index contributed by atoms with van der Waals surface area (Å²) in [5.41, 5.74) is 0.826. The van der Waals surface area contributed by atoms with Gasteiger partial charge < -0.3 is 4.90 Å². The van der Waals surface area contributed by atoms with Crippen LogP contribution in [0.15, 0.2) is 42.5 Å². The molecular formula is C15H14ClNO3S. The number of hydrogen-bond donors (Lipinski definition) is 0. The van der Waals surface area contributed by atoms with Crippen LogP contribution in [0.3, 0.4) is 0 Å². The number of benzene rings is 2. The number of halogens is 1. The van der Waals surface area contributed by atoms with E-state index < -0.39 is 9.05 Å². The zero-order chi connectivity index (χ0) is 15.0. The zero-order valence-electron chi connectivity index (χ0n) is 11.2. The molecule has 6 heteroatoms. The topological polar surface area (TPSA) is 54.5 Å². The van der Waals surface area contributed by atoms with E-state index in [1.165, 1.54) is 0 Å². The highest BCUT2D eigenvalue weighted by molar-refractivity contribution is 8.13. The van der Waals surface area contributed by atoms with Gasteiger partial charge in [0.2, 0.25) is 15.0 Å². The molecule has 4 nitrogen and oxygen atoms in total. The van der Waals surface area contributed by atoms with E-state index >= 15 is 0 Å². The highest BCUT2D eigenvalue weighted by Crippen LogP contribution is 2.32. The lowest BCUT2D eigenvalue weighted by Gasteiger charge is -2.18. The number of rotatable bonds is 3. The molecule has 2 aromatic carbocycles. The third kappa shape index (κ3) is 3.04. The summed E-state index contributed by atoms with van der Waals surface area (Å²) in [4.78, 5) is 13.9. The van der Waals surface area contributed by atoms with E-state index in [4.69, 9.17) is 10.7 Å². The molecule has 1 atom stereocenters. The summed E-state index contributed by atoms with van der Waals surface area (Å²) in [5.74, 6) is -0.475. The summed E-state index contributed by atoms with van der Waals surface area (Å²) in [6.45, 7) is 0.388. The Balaban J connectivity index is 1.95. The Kier molecular flexibility index (Phi) is 3.63. The van der Waals surface area contributed by atoms with Gasteiger partial charge >= 0.3 is 0 Å². The van der Waals surface area contributed by atoms with E-state index in [1.54, 1.807) is 4.90 Å². The van der Waals surface area contributed by atoms with Gasteiger partial charge in [-0.05, 0) is 11.5 Å². The van der Waals surface area contributed by atoms with Gasteiger partial charge in [-0.15, -0.1) is 0 Å². The van der Waals surface area contributed by atoms with Crippen molar-refractivity contribution in [3.63, 3.8) is 0 Å². The van der Waals surface area contributed by atoms with Crippen molar-refractivity contribution in [1.82, 2.24) is 0 Å². The van der Waals surface area contributed by atoms with Crippen LogP contribution in [0.25, 0.3) is 10.8 Å². The van der Waals surface area contributed by atoms with E-state index in [0.29, 0.717) is 6.54 Å². The van der Waals surface area contributed by atoms with Gasteiger partial charge in [0.15, 0.2) is 0 Å². The van der Waals surface area contributed by atoms with Crippen LogP contribution in [0.5, 0.6) is 0 Å². The Morgan fingerprint density at radius 2 is 1.86 bits per heavy atom. The predicted octanol–water partition coefficient (Wildman–Crippen LogP) is 2.76. The van der Waals surface area contributed by atoms with E-state index in [1.807, 2.05) is 42.5 Å². The van der Waals surface area contributed by atoms with Gasteiger partial charge in [0, 0.05) is 35.0 Å². The average molecular weight is 324 g/mol. The molecule has 3 rings (SSSR count). The molecule has 0 N–H and O–H groups in total. The van der Waals surface area contributed by atoms with E-state index in [2.05, 4.69) is 0 Å². The first-order chi connectivity index (χ1) is 9.94. The lowest BCUT2D eigenvalue weighted by molar-refractivity contribution is -0.117. The maximum absolute atomic E-state index is 12.2. The molecule has 1 aliphatic heterocycles. The van der Waals surface area contributed by atoms with E-state index in [-0.39, 0.29) is 24.0 Å². The SMILES string of the molecule is O=C1CC(CS(=O)(=O)Cl)CN1c1cccc2ccccc12. The van der Waals surface area contributed by atoms with Crippen molar-refractivity contribution in [3.05, 3.63) is 42.5 Å². The van der Waals surface area contributed by atoms with Crippen LogP contribution in [0.1, 0.15) is 6.42 Å². The molecule has 110 valence electrons. The molecule has 1 heterocycles. The summed E-state index contributed by atoms with van der Waals surface area (Å²) < 4.78 is 22.4. The number of nitrogens with zero attached hydrogens (tertiary/aromatic N) is 1. The zero-order valence-corrected chi connectivity index (χ0v) is 12.8. The first-order valence-corrected chi connectivity index (χ1v) is 9.12. The minimum Gasteiger partial charge on any atom is -0.311 e. The minimum absolute atomic E-state index is 0.0586. The first-order valence-electron chi connectivity index (χ1n) is 6.64. The Bertz CT molecular complexity index is 798. The number of anilines is 1. The molecule has 1 fully saturated rings.